The summed E-state index contributed by atoms with van der Waals surface area (Å²) >= 11 is 1.50. The largest absolute Gasteiger partial charge is 0.326 e. The Morgan fingerprint density at radius 2 is 1.76 bits per heavy atom. The number of amides is 2. The molecule has 3 heterocycles. The Labute approximate surface area is 198 Å². The number of aromatic nitrogens is 3. The van der Waals surface area contributed by atoms with Gasteiger partial charge in [-0.2, -0.15) is 0 Å². The summed E-state index contributed by atoms with van der Waals surface area (Å²) in [5, 5.41) is 6.47. The summed E-state index contributed by atoms with van der Waals surface area (Å²) in [6.45, 7) is 8.55. The number of urea groups is 1. The fourth-order valence-electron chi connectivity index (χ4n) is 3.43. The van der Waals surface area contributed by atoms with Crippen molar-refractivity contribution in [3.8, 4) is 5.69 Å². The topological polar surface area (TPSA) is 71.8 Å². The molecule has 0 fully saturated rings. The second-order valence-corrected chi connectivity index (χ2v) is 10.3. The van der Waals surface area contributed by atoms with Crippen LogP contribution in [-0.2, 0) is 18.3 Å². The maximum Gasteiger partial charge on any atom is 0.326 e. The fourth-order valence-corrected chi connectivity index (χ4v) is 4.24. The molecule has 0 saturated carbocycles. The van der Waals surface area contributed by atoms with Crippen molar-refractivity contribution in [2.75, 3.05) is 10.6 Å². The second-order valence-electron chi connectivity index (χ2n) is 9.14. The summed E-state index contributed by atoms with van der Waals surface area (Å²) < 4.78 is 2.02. The van der Waals surface area contributed by atoms with Gasteiger partial charge in [0.1, 0.15) is 5.82 Å². The lowest BCUT2D eigenvalue weighted by Crippen LogP contribution is -2.20. The second kappa shape index (κ2) is 9.58. The third-order valence-corrected chi connectivity index (χ3v) is 6.40. The molecule has 4 rings (SSSR count). The van der Waals surface area contributed by atoms with Crippen LogP contribution in [0.15, 0.2) is 67.3 Å². The van der Waals surface area contributed by atoms with Crippen molar-refractivity contribution in [2.24, 2.45) is 0 Å². The Morgan fingerprint density at radius 1 is 1.03 bits per heavy atom. The summed E-state index contributed by atoms with van der Waals surface area (Å²) in [6.07, 6.45) is 9.30. The summed E-state index contributed by atoms with van der Waals surface area (Å²) in [5.74, 6) is 0.718. The number of hydrogen-bond acceptors (Lipinski definition) is 4. The quantitative estimate of drug-likeness (QED) is 0.352. The van der Waals surface area contributed by atoms with Crippen LogP contribution in [0.1, 0.15) is 42.3 Å². The highest BCUT2D eigenvalue weighted by atomic mass is 32.1. The van der Waals surface area contributed by atoms with Gasteiger partial charge in [-0.3, -0.25) is 15.6 Å². The highest BCUT2D eigenvalue weighted by Crippen LogP contribution is 2.29. The van der Waals surface area contributed by atoms with Crippen LogP contribution < -0.4 is 10.6 Å². The Kier molecular flexibility index (Phi) is 6.60. The smallest absolute Gasteiger partial charge is 0.303 e. The van der Waals surface area contributed by atoms with Crippen molar-refractivity contribution >= 4 is 28.3 Å². The first-order valence-electron chi connectivity index (χ1n) is 11.0. The third kappa shape index (κ3) is 5.87. The maximum atomic E-state index is 12.8. The van der Waals surface area contributed by atoms with Gasteiger partial charge in [-0.25, -0.2) is 9.78 Å². The minimum atomic E-state index is -0.308. The molecule has 33 heavy (non-hydrogen) atoms. The van der Waals surface area contributed by atoms with Gasteiger partial charge in [-0.05, 0) is 66.6 Å². The lowest BCUT2D eigenvalue weighted by molar-refractivity contribution is 0.262. The van der Waals surface area contributed by atoms with Gasteiger partial charge in [-0.1, -0.05) is 38.5 Å². The molecular weight excluding hydrogens is 430 g/mol. The van der Waals surface area contributed by atoms with E-state index < -0.39 is 0 Å². The molecule has 0 bridgehead atoms. The monoisotopic (exact) mass is 459 g/mol. The first-order valence-corrected chi connectivity index (χ1v) is 11.8. The van der Waals surface area contributed by atoms with E-state index in [4.69, 9.17) is 0 Å². The van der Waals surface area contributed by atoms with E-state index in [2.05, 4.69) is 78.8 Å². The first kappa shape index (κ1) is 22.7. The molecule has 0 aliphatic heterocycles. The molecule has 0 radical (unpaired) electrons. The van der Waals surface area contributed by atoms with Gasteiger partial charge >= 0.3 is 6.03 Å². The van der Waals surface area contributed by atoms with E-state index in [1.807, 2.05) is 29.0 Å². The van der Waals surface area contributed by atoms with Gasteiger partial charge < -0.3 is 4.57 Å². The van der Waals surface area contributed by atoms with Crippen molar-refractivity contribution < 1.29 is 4.79 Å². The number of nitrogens with one attached hydrogen (secondary N) is 2. The highest BCUT2D eigenvalue weighted by molar-refractivity contribution is 7.15. The Balaban J connectivity index is 1.45. The zero-order valence-electron chi connectivity index (χ0n) is 19.4. The number of pyridine rings is 1. The SMILES string of the molecule is Cc1ccc(-n2cc(C(C)(C)C)cc2NC(=O)Nc2ncc(CCc3ccncc3)s2)cc1. The number of carbonyl (C=O) groups excluding carboxylic acids is 1. The normalized spacial score (nSPS) is 11.4. The number of rotatable bonds is 6. The van der Waals surface area contributed by atoms with Crippen molar-refractivity contribution in [3.05, 3.63) is 88.8 Å². The van der Waals surface area contributed by atoms with Crippen LogP contribution in [0.2, 0.25) is 0 Å². The van der Waals surface area contributed by atoms with E-state index in [-0.39, 0.29) is 11.4 Å². The van der Waals surface area contributed by atoms with Crippen molar-refractivity contribution in [2.45, 2.75) is 46.0 Å². The molecule has 7 heteroatoms. The molecule has 0 spiro atoms. The Morgan fingerprint density at radius 3 is 2.45 bits per heavy atom. The minimum Gasteiger partial charge on any atom is -0.303 e. The summed E-state index contributed by atoms with van der Waals surface area (Å²) in [7, 11) is 0. The van der Waals surface area contributed by atoms with Crippen LogP contribution in [0.25, 0.3) is 5.69 Å². The molecule has 6 nitrogen and oxygen atoms in total. The van der Waals surface area contributed by atoms with Gasteiger partial charge in [0.05, 0.1) is 0 Å². The molecule has 0 atom stereocenters. The molecule has 0 aliphatic carbocycles. The highest BCUT2D eigenvalue weighted by Gasteiger charge is 2.20. The Bertz CT molecular complexity index is 1220. The summed E-state index contributed by atoms with van der Waals surface area (Å²) in [6, 6.07) is 14.0. The van der Waals surface area contributed by atoms with Gasteiger partial charge in [0.15, 0.2) is 5.13 Å². The van der Waals surface area contributed by atoms with E-state index in [0.717, 1.165) is 34.8 Å². The predicted molar refractivity (Wildman–Crippen MR) is 136 cm³/mol. The van der Waals surface area contributed by atoms with Gasteiger partial charge in [0.25, 0.3) is 0 Å². The van der Waals surface area contributed by atoms with E-state index in [1.165, 1.54) is 22.5 Å². The van der Waals surface area contributed by atoms with E-state index in [0.29, 0.717) is 5.13 Å². The molecule has 0 unspecified atom stereocenters. The average Bonchev–Trinajstić information content (AvgIpc) is 3.40. The van der Waals surface area contributed by atoms with Crippen molar-refractivity contribution in [1.82, 2.24) is 14.5 Å². The van der Waals surface area contributed by atoms with Crippen LogP contribution in [0.5, 0.6) is 0 Å². The first-order chi connectivity index (χ1) is 15.8. The Hall–Kier alpha value is -3.45. The van der Waals surface area contributed by atoms with E-state index >= 15 is 0 Å². The van der Waals surface area contributed by atoms with Crippen LogP contribution in [0.3, 0.4) is 0 Å². The van der Waals surface area contributed by atoms with Crippen molar-refractivity contribution in [3.63, 3.8) is 0 Å². The van der Waals surface area contributed by atoms with Crippen LogP contribution in [-0.4, -0.2) is 20.6 Å². The number of benzene rings is 1. The van der Waals surface area contributed by atoms with Gasteiger partial charge in [0, 0.05) is 35.4 Å². The number of aryl methyl sites for hydroxylation is 3. The van der Waals surface area contributed by atoms with Gasteiger partial charge in [0.2, 0.25) is 0 Å². The summed E-state index contributed by atoms with van der Waals surface area (Å²) in [5.41, 5.74) is 4.53. The number of hydrogen-bond donors (Lipinski definition) is 2. The van der Waals surface area contributed by atoms with Crippen molar-refractivity contribution in [1.29, 1.82) is 0 Å². The molecule has 170 valence electrons. The lowest BCUT2D eigenvalue weighted by Gasteiger charge is -2.15. The molecule has 1 aromatic carbocycles. The standard InChI is InChI=1S/C26H29N5OS/c1-18-5-8-21(9-6-18)31-17-20(26(2,3)4)15-23(31)29-24(32)30-25-28-16-22(33-25)10-7-19-11-13-27-14-12-19/h5-6,8-9,11-17H,7,10H2,1-4H3,(H2,28,29,30,32). The molecular formula is C26H29N5OS. The van der Waals surface area contributed by atoms with Crippen LogP contribution in [0, 0.1) is 6.92 Å². The molecule has 2 N–H and O–H groups in total. The lowest BCUT2D eigenvalue weighted by atomic mass is 9.89. The third-order valence-electron chi connectivity index (χ3n) is 5.42. The molecule has 0 aliphatic rings. The maximum absolute atomic E-state index is 12.8. The zero-order chi connectivity index (χ0) is 23.4. The average molecular weight is 460 g/mol. The van der Waals surface area contributed by atoms with E-state index in [1.54, 1.807) is 12.4 Å². The minimum absolute atomic E-state index is 0.0398. The molecule has 3 aromatic heterocycles. The number of carbonyl (C=O) groups is 1. The summed E-state index contributed by atoms with van der Waals surface area (Å²) in [4.78, 5) is 22.3. The number of nitrogens with zero attached hydrogens (tertiary/aromatic N) is 3. The molecule has 4 aromatic rings. The van der Waals surface area contributed by atoms with Crippen LogP contribution in [0.4, 0.5) is 15.7 Å². The number of anilines is 2. The van der Waals surface area contributed by atoms with Crippen LogP contribution >= 0.6 is 11.3 Å². The predicted octanol–water partition coefficient (Wildman–Crippen LogP) is 6.36. The fraction of sp³-hybridized carbons (Fsp3) is 0.269. The molecule has 2 amide bonds. The zero-order valence-corrected chi connectivity index (χ0v) is 20.2. The number of thiazole rings is 1. The van der Waals surface area contributed by atoms with Gasteiger partial charge in [-0.15, -0.1) is 11.3 Å². The van der Waals surface area contributed by atoms with E-state index in [9.17, 15) is 4.79 Å². The molecule has 0 saturated heterocycles.